The minimum Gasteiger partial charge on any atom is -0.301 e. The summed E-state index contributed by atoms with van der Waals surface area (Å²) in [6.07, 6.45) is 11.6. The second-order valence-corrected chi connectivity index (χ2v) is 7.38. The highest BCUT2D eigenvalue weighted by Crippen LogP contribution is 2.28. The van der Waals surface area contributed by atoms with Crippen molar-refractivity contribution >= 4 is 28.9 Å². The first-order chi connectivity index (χ1) is 12.3. The third-order valence-corrected chi connectivity index (χ3v) is 5.37. The standard InChI is InChI=1S/C19H20N4OS/c24-18-17(25-19(22-18)21-15-7-3-1-4-8-15)11-14-12-20-23(13-14)16-9-5-2-6-10-16/h2,5-6,9-13,15H,1,3-4,7-8H2,(H,21,22,24)/b17-11-. The minimum atomic E-state index is -0.0768. The zero-order valence-electron chi connectivity index (χ0n) is 13.9. The molecule has 1 amide bonds. The number of nitrogens with zero attached hydrogens (tertiary/aromatic N) is 3. The lowest BCUT2D eigenvalue weighted by Crippen LogP contribution is -2.22. The monoisotopic (exact) mass is 352 g/mol. The maximum atomic E-state index is 12.2. The van der Waals surface area contributed by atoms with E-state index in [-0.39, 0.29) is 5.91 Å². The fourth-order valence-corrected chi connectivity index (χ4v) is 4.04. The molecule has 2 aliphatic rings. The number of rotatable bonds is 3. The number of carbonyl (C=O) groups is 1. The van der Waals surface area contributed by atoms with Crippen molar-refractivity contribution < 1.29 is 4.79 Å². The van der Waals surface area contributed by atoms with E-state index >= 15 is 0 Å². The Morgan fingerprint density at radius 3 is 2.80 bits per heavy atom. The highest BCUT2D eigenvalue weighted by molar-refractivity contribution is 8.18. The lowest BCUT2D eigenvalue weighted by molar-refractivity contribution is -0.115. The number of amides is 1. The largest absolute Gasteiger partial charge is 0.301 e. The van der Waals surface area contributed by atoms with Gasteiger partial charge in [-0.3, -0.25) is 9.79 Å². The number of carbonyl (C=O) groups excluding carboxylic acids is 1. The van der Waals surface area contributed by atoms with Gasteiger partial charge in [-0.1, -0.05) is 37.5 Å². The number of thioether (sulfide) groups is 1. The summed E-state index contributed by atoms with van der Waals surface area (Å²) in [5.74, 6) is -0.0768. The molecule has 25 heavy (non-hydrogen) atoms. The molecule has 0 atom stereocenters. The van der Waals surface area contributed by atoms with Crippen LogP contribution in [0.2, 0.25) is 0 Å². The van der Waals surface area contributed by atoms with Gasteiger partial charge in [-0.25, -0.2) is 4.68 Å². The molecule has 0 radical (unpaired) electrons. The van der Waals surface area contributed by atoms with Crippen molar-refractivity contribution in [3.63, 3.8) is 0 Å². The van der Waals surface area contributed by atoms with E-state index in [1.807, 2.05) is 42.6 Å². The van der Waals surface area contributed by atoms with E-state index in [2.05, 4.69) is 10.4 Å². The number of benzene rings is 1. The number of aliphatic imine (C=N–C) groups is 1. The maximum absolute atomic E-state index is 12.2. The third-order valence-electron chi connectivity index (χ3n) is 4.45. The molecule has 128 valence electrons. The van der Waals surface area contributed by atoms with E-state index in [1.165, 1.54) is 31.0 Å². The number of hydrogen-bond acceptors (Lipinski definition) is 4. The summed E-state index contributed by atoms with van der Waals surface area (Å²) >= 11 is 1.43. The Bertz CT molecular complexity index is 819. The van der Waals surface area contributed by atoms with Crippen molar-refractivity contribution in [3.8, 4) is 5.69 Å². The van der Waals surface area contributed by atoms with E-state index in [9.17, 15) is 4.79 Å². The first-order valence-electron chi connectivity index (χ1n) is 8.67. The highest BCUT2D eigenvalue weighted by atomic mass is 32.2. The molecule has 1 aromatic carbocycles. The topological polar surface area (TPSA) is 59.3 Å². The van der Waals surface area contributed by atoms with Gasteiger partial charge in [0.25, 0.3) is 5.91 Å². The highest BCUT2D eigenvalue weighted by Gasteiger charge is 2.25. The third kappa shape index (κ3) is 3.85. The Morgan fingerprint density at radius 1 is 1.20 bits per heavy atom. The molecule has 2 aromatic rings. The zero-order valence-corrected chi connectivity index (χ0v) is 14.7. The van der Waals surface area contributed by atoms with Gasteiger partial charge in [0.15, 0.2) is 5.17 Å². The van der Waals surface area contributed by atoms with Gasteiger partial charge in [-0.15, -0.1) is 0 Å². The predicted octanol–water partition coefficient (Wildman–Crippen LogP) is 3.76. The Labute approximate surface area is 151 Å². The summed E-state index contributed by atoms with van der Waals surface area (Å²) in [4.78, 5) is 17.6. The number of para-hydroxylation sites is 1. The average molecular weight is 352 g/mol. The van der Waals surface area contributed by atoms with Crippen molar-refractivity contribution in [2.75, 3.05) is 0 Å². The molecule has 1 N–H and O–H groups in total. The molecule has 1 aromatic heterocycles. The van der Waals surface area contributed by atoms with Gasteiger partial charge in [-0.05, 0) is 42.8 Å². The number of aromatic nitrogens is 2. The second kappa shape index (κ2) is 7.27. The number of hydrogen-bond donors (Lipinski definition) is 1. The molecule has 1 saturated heterocycles. The number of nitrogens with one attached hydrogen (secondary N) is 1. The molecule has 1 aliphatic heterocycles. The molecule has 2 heterocycles. The van der Waals surface area contributed by atoms with E-state index in [0.29, 0.717) is 10.9 Å². The van der Waals surface area contributed by atoms with Crippen LogP contribution in [0, 0.1) is 0 Å². The van der Waals surface area contributed by atoms with Gasteiger partial charge in [0.2, 0.25) is 0 Å². The van der Waals surface area contributed by atoms with E-state index in [1.54, 1.807) is 10.9 Å². The predicted molar refractivity (Wildman–Crippen MR) is 102 cm³/mol. The molecule has 5 nitrogen and oxygen atoms in total. The average Bonchev–Trinajstić information content (AvgIpc) is 3.24. The molecule has 0 bridgehead atoms. The summed E-state index contributed by atoms with van der Waals surface area (Å²) in [6.45, 7) is 0. The maximum Gasteiger partial charge on any atom is 0.264 e. The summed E-state index contributed by atoms with van der Waals surface area (Å²) < 4.78 is 1.81. The smallest absolute Gasteiger partial charge is 0.264 e. The van der Waals surface area contributed by atoms with Gasteiger partial charge in [0.1, 0.15) is 0 Å². The van der Waals surface area contributed by atoms with Crippen molar-refractivity contribution in [2.45, 2.75) is 38.1 Å². The SMILES string of the molecule is O=C1NC(=NC2CCCCC2)S/C1=C\c1cnn(-c2ccccc2)c1. The lowest BCUT2D eigenvalue weighted by Gasteiger charge is -2.17. The van der Waals surface area contributed by atoms with Crippen LogP contribution in [0.15, 0.2) is 52.6 Å². The fourth-order valence-electron chi connectivity index (χ4n) is 3.15. The molecule has 1 aliphatic carbocycles. The summed E-state index contributed by atoms with van der Waals surface area (Å²) in [5, 5.41) is 7.99. The molecular weight excluding hydrogens is 332 g/mol. The van der Waals surface area contributed by atoms with Crippen LogP contribution < -0.4 is 5.32 Å². The van der Waals surface area contributed by atoms with Gasteiger partial charge in [0, 0.05) is 11.8 Å². The van der Waals surface area contributed by atoms with Crippen LogP contribution in [0.5, 0.6) is 0 Å². The first-order valence-corrected chi connectivity index (χ1v) is 9.48. The molecule has 2 fully saturated rings. The summed E-state index contributed by atoms with van der Waals surface area (Å²) in [5.41, 5.74) is 1.90. The Hall–Kier alpha value is -2.34. The van der Waals surface area contributed by atoms with Crippen molar-refractivity contribution in [1.82, 2.24) is 15.1 Å². The molecule has 6 heteroatoms. The fraction of sp³-hybridized carbons (Fsp3) is 0.316. The van der Waals surface area contributed by atoms with Crippen molar-refractivity contribution in [2.24, 2.45) is 4.99 Å². The lowest BCUT2D eigenvalue weighted by atomic mass is 9.96. The Kier molecular flexibility index (Phi) is 4.70. The van der Waals surface area contributed by atoms with Crippen LogP contribution in [-0.2, 0) is 4.79 Å². The summed E-state index contributed by atoms with van der Waals surface area (Å²) in [6, 6.07) is 10.3. The van der Waals surface area contributed by atoms with E-state index in [4.69, 9.17) is 4.99 Å². The van der Waals surface area contributed by atoms with E-state index < -0.39 is 0 Å². The molecule has 0 spiro atoms. The normalized spacial score (nSPS) is 21.8. The van der Waals surface area contributed by atoms with Gasteiger partial charge in [-0.2, -0.15) is 5.10 Å². The van der Waals surface area contributed by atoms with Crippen LogP contribution >= 0.6 is 11.8 Å². The first kappa shape index (κ1) is 16.1. The molecule has 0 unspecified atom stereocenters. The van der Waals surface area contributed by atoms with Crippen LogP contribution in [0.4, 0.5) is 0 Å². The van der Waals surface area contributed by atoms with Crippen LogP contribution in [0.1, 0.15) is 37.7 Å². The van der Waals surface area contributed by atoms with Crippen LogP contribution in [-0.4, -0.2) is 26.9 Å². The van der Waals surface area contributed by atoms with Gasteiger partial charge >= 0.3 is 0 Å². The van der Waals surface area contributed by atoms with Crippen LogP contribution in [0.25, 0.3) is 11.8 Å². The molecule has 1 saturated carbocycles. The quantitative estimate of drug-likeness (QED) is 0.856. The minimum absolute atomic E-state index is 0.0768. The van der Waals surface area contributed by atoms with E-state index in [0.717, 1.165) is 29.3 Å². The summed E-state index contributed by atoms with van der Waals surface area (Å²) in [7, 11) is 0. The van der Waals surface area contributed by atoms with Gasteiger partial charge in [0.05, 0.1) is 22.8 Å². The zero-order chi connectivity index (χ0) is 17.1. The second-order valence-electron chi connectivity index (χ2n) is 6.34. The van der Waals surface area contributed by atoms with Crippen LogP contribution in [0.3, 0.4) is 0 Å². The molecule has 4 rings (SSSR count). The Morgan fingerprint density at radius 2 is 2.00 bits per heavy atom. The van der Waals surface area contributed by atoms with Crippen molar-refractivity contribution in [1.29, 1.82) is 0 Å². The van der Waals surface area contributed by atoms with Gasteiger partial charge < -0.3 is 5.32 Å². The molecular formula is C19H20N4OS. The Balaban J connectivity index is 1.49. The number of amidine groups is 1. The van der Waals surface area contributed by atoms with Crippen molar-refractivity contribution in [3.05, 3.63) is 53.2 Å².